The second kappa shape index (κ2) is 4.37. The lowest BCUT2D eigenvalue weighted by Crippen LogP contribution is -2.30. The minimum absolute atomic E-state index is 0.333. The smallest absolute Gasteiger partial charge is 0.283 e. The Kier molecular flexibility index (Phi) is 2.94. The molecule has 5 nitrogen and oxygen atoms in total. The fourth-order valence-electron chi connectivity index (χ4n) is 1.65. The average molecular weight is 207 g/mol. The van der Waals surface area contributed by atoms with Crippen LogP contribution in [0.3, 0.4) is 0 Å². The van der Waals surface area contributed by atoms with Gasteiger partial charge >= 0.3 is 0 Å². The molecule has 5 heteroatoms. The van der Waals surface area contributed by atoms with Gasteiger partial charge in [0.2, 0.25) is 0 Å². The van der Waals surface area contributed by atoms with E-state index in [0.717, 1.165) is 25.2 Å². The second-order valence-electron chi connectivity index (χ2n) is 3.51. The van der Waals surface area contributed by atoms with Crippen LogP contribution in [-0.4, -0.2) is 24.1 Å². The van der Waals surface area contributed by atoms with Gasteiger partial charge in [0.15, 0.2) is 0 Å². The number of aromatic nitrogens is 1. The molecule has 0 radical (unpaired) electrons. The molecule has 1 fully saturated rings. The summed E-state index contributed by atoms with van der Waals surface area (Å²) in [6, 6.07) is 3.58. The number of nitrogens with zero attached hydrogens (tertiary/aromatic N) is 1. The minimum Gasteiger partial charge on any atom is -0.381 e. The average Bonchev–Trinajstić information content (AvgIpc) is 2.82. The molecule has 80 valence electrons. The van der Waals surface area contributed by atoms with Gasteiger partial charge in [-0.05, 0) is 18.1 Å². The molecule has 1 aliphatic heterocycles. The lowest BCUT2D eigenvalue weighted by molar-refractivity contribution is 0.0948. The summed E-state index contributed by atoms with van der Waals surface area (Å²) in [5.41, 5.74) is 3.49. The van der Waals surface area contributed by atoms with Crippen LogP contribution >= 0.6 is 0 Å². The number of nitrogen functional groups attached to an aromatic ring is 1. The maximum Gasteiger partial charge on any atom is 0.283 e. The maximum absolute atomic E-state index is 11.1. The van der Waals surface area contributed by atoms with Crippen molar-refractivity contribution in [2.75, 3.05) is 13.2 Å². The molecule has 0 aromatic carbocycles. The summed E-state index contributed by atoms with van der Waals surface area (Å²) in [5, 5.41) is 0. The number of nitrogens with two attached hydrogens (primary N) is 1. The molecule has 0 bridgehead atoms. The van der Waals surface area contributed by atoms with Gasteiger partial charge in [-0.3, -0.25) is 15.2 Å². The van der Waals surface area contributed by atoms with Crippen LogP contribution in [0.1, 0.15) is 28.4 Å². The van der Waals surface area contributed by atoms with E-state index in [9.17, 15) is 4.79 Å². The molecule has 1 unspecified atom stereocenters. The summed E-state index contributed by atoms with van der Waals surface area (Å²) in [5.74, 6) is 5.04. The van der Waals surface area contributed by atoms with Gasteiger partial charge < -0.3 is 4.74 Å². The number of hydrogen-bond donors (Lipinski definition) is 2. The van der Waals surface area contributed by atoms with Crippen molar-refractivity contribution in [3.05, 3.63) is 29.6 Å². The van der Waals surface area contributed by atoms with Crippen LogP contribution in [0.4, 0.5) is 0 Å². The van der Waals surface area contributed by atoms with Gasteiger partial charge in [0.1, 0.15) is 5.69 Å². The molecule has 2 rings (SSSR count). The molecule has 1 aromatic rings. The number of amides is 1. The summed E-state index contributed by atoms with van der Waals surface area (Å²) in [6.45, 7) is 1.54. The largest absolute Gasteiger partial charge is 0.381 e. The van der Waals surface area contributed by atoms with Crippen molar-refractivity contribution in [2.45, 2.75) is 12.3 Å². The fraction of sp³-hybridized carbons (Fsp3) is 0.400. The Morgan fingerprint density at radius 1 is 1.60 bits per heavy atom. The van der Waals surface area contributed by atoms with Gasteiger partial charge in [0, 0.05) is 18.7 Å². The van der Waals surface area contributed by atoms with E-state index in [0.29, 0.717) is 11.6 Å². The van der Waals surface area contributed by atoms with Gasteiger partial charge in [-0.1, -0.05) is 6.07 Å². The van der Waals surface area contributed by atoms with E-state index in [1.54, 1.807) is 12.3 Å². The molecule has 15 heavy (non-hydrogen) atoms. The Morgan fingerprint density at radius 2 is 2.47 bits per heavy atom. The number of carbonyl (C=O) groups excluding carboxylic acids is 1. The Morgan fingerprint density at radius 3 is 3.00 bits per heavy atom. The summed E-state index contributed by atoms with van der Waals surface area (Å²) < 4.78 is 5.28. The van der Waals surface area contributed by atoms with Crippen molar-refractivity contribution in [1.82, 2.24) is 10.4 Å². The standard InChI is InChI=1S/C10H13N3O2/c11-13-10(14)9-2-1-7(5-12-9)8-3-4-15-6-8/h1-2,5,8H,3-4,6,11H2,(H,13,14). The zero-order valence-electron chi connectivity index (χ0n) is 8.27. The van der Waals surface area contributed by atoms with E-state index < -0.39 is 0 Å². The van der Waals surface area contributed by atoms with Crippen LogP contribution in [0.5, 0.6) is 0 Å². The van der Waals surface area contributed by atoms with Gasteiger partial charge in [0.25, 0.3) is 5.91 Å². The van der Waals surface area contributed by atoms with Crippen LogP contribution in [0.15, 0.2) is 18.3 Å². The molecule has 1 aromatic heterocycles. The van der Waals surface area contributed by atoms with Crippen molar-refractivity contribution in [3.8, 4) is 0 Å². The van der Waals surface area contributed by atoms with Gasteiger partial charge in [-0.25, -0.2) is 5.84 Å². The lowest BCUT2D eigenvalue weighted by Gasteiger charge is -2.07. The molecule has 0 spiro atoms. The Labute approximate surface area is 87.6 Å². The zero-order valence-corrected chi connectivity index (χ0v) is 8.27. The predicted molar refractivity (Wildman–Crippen MR) is 54.1 cm³/mol. The molecule has 3 N–H and O–H groups in total. The highest BCUT2D eigenvalue weighted by atomic mass is 16.5. The lowest BCUT2D eigenvalue weighted by atomic mass is 10.0. The van der Waals surface area contributed by atoms with Gasteiger partial charge in [0.05, 0.1) is 6.61 Å². The van der Waals surface area contributed by atoms with Crippen LogP contribution in [0.2, 0.25) is 0 Å². The van der Waals surface area contributed by atoms with Crippen LogP contribution in [0.25, 0.3) is 0 Å². The summed E-state index contributed by atoms with van der Waals surface area (Å²) in [4.78, 5) is 15.2. The number of rotatable bonds is 2. The third-order valence-corrected chi connectivity index (χ3v) is 2.55. The molecule has 1 aliphatic rings. The molecule has 1 atom stereocenters. The maximum atomic E-state index is 11.1. The molecule has 0 saturated carbocycles. The van der Waals surface area contributed by atoms with Crippen LogP contribution in [-0.2, 0) is 4.74 Å². The summed E-state index contributed by atoms with van der Waals surface area (Å²) in [7, 11) is 0. The minimum atomic E-state index is -0.371. The topological polar surface area (TPSA) is 77.2 Å². The Bertz CT molecular complexity index is 344. The van der Waals surface area contributed by atoms with Gasteiger partial charge in [-0.15, -0.1) is 0 Å². The third kappa shape index (κ3) is 2.14. The predicted octanol–water partition coefficient (Wildman–Crippen LogP) is 0.189. The number of carbonyl (C=O) groups is 1. The summed E-state index contributed by atoms with van der Waals surface area (Å²) >= 11 is 0. The molecule has 0 aliphatic carbocycles. The van der Waals surface area contributed by atoms with Crippen LogP contribution < -0.4 is 11.3 Å². The van der Waals surface area contributed by atoms with Crippen molar-refractivity contribution < 1.29 is 9.53 Å². The number of ether oxygens (including phenoxy) is 1. The van der Waals surface area contributed by atoms with Crippen molar-refractivity contribution in [3.63, 3.8) is 0 Å². The van der Waals surface area contributed by atoms with E-state index >= 15 is 0 Å². The summed E-state index contributed by atoms with van der Waals surface area (Å²) in [6.07, 6.45) is 2.73. The first kappa shape index (κ1) is 10.1. The molecule has 1 saturated heterocycles. The highest BCUT2D eigenvalue weighted by Crippen LogP contribution is 2.24. The molecule has 1 amide bonds. The highest BCUT2D eigenvalue weighted by molar-refractivity contribution is 5.91. The monoisotopic (exact) mass is 207 g/mol. The highest BCUT2D eigenvalue weighted by Gasteiger charge is 2.18. The molecular weight excluding hydrogens is 194 g/mol. The van der Waals surface area contributed by atoms with E-state index in [1.165, 1.54) is 0 Å². The van der Waals surface area contributed by atoms with E-state index in [-0.39, 0.29) is 5.91 Å². The second-order valence-corrected chi connectivity index (χ2v) is 3.51. The van der Waals surface area contributed by atoms with Gasteiger partial charge in [-0.2, -0.15) is 0 Å². The quantitative estimate of drug-likeness (QED) is 0.412. The van der Waals surface area contributed by atoms with Crippen molar-refractivity contribution in [2.24, 2.45) is 5.84 Å². The van der Waals surface area contributed by atoms with E-state index in [1.807, 2.05) is 11.5 Å². The first-order valence-corrected chi connectivity index (χ1v) is 4.86. The first-order valence-electron chi connectivity index (χ1n) is 4.86. The van der Waals surface area contributed by atoms with E-state index in [4.69, 9.17) is 10.6 Å². The molecule has 2 heterocycles. The number of nitrogens with one attached hydrogen (secondary N) is 1. The SMILES string of the molecule is NNC(=O)c1ccc(C2CCOC2)cn1. The zero-order chi connectivity index (χ0) is 10.7. The molecular formula is C10H13N3O2. The fourth-order valence-corrected chi connectivity index (χ4v) is 1.65. The third-order valence-electron chi connectivity index (χ3n) is 2.55. The number of hydrogen-bond acceptors (Lipinski definition) is 4. The Hall–Kier alpha value is -1.46. The van der Waals surface area contributed by atoms with Crippen molar-refractivity contribution >= 4 is 5.91 Å². The normalized spacial score (nSPS) is 20.2. The number of pyridine rings is 1. The first-order chi connectivity index (χ1) is 7.31. The van der Waals surface area contributed by atoms with Crippen LogP contribution in [0, 0.1) is 0 Å². The van der Waals surface area contributed by atoms with Crippen molar-refractivity contribution in [1.29, 1.82) is 0 Å². The van der Waals surface area contributed by atoms with E-state index in [2.05, 4.69) is 4.98 Å². The Balaban J connectivity index is 2.12. The number of hydrazine groups is 1.